The number of rotatable bonds is 7. The molecule has 1 fully saturated rings. The monoisotopic (exact) mass is 414 g/mol. The highest BCUT2D eigenvalue weighted by Gasteiger charge is 2.22. The molecule has 0 bridgehead atoms. The van der Waals surface area contributed by atoms with Gasteiger partial charge in [-0.1, -0.05) is 6.07 Å². The number of carbonyl (C=O) groups is 2. The van der Waals surface area contributed by atoms with E-state index >= 15 is 0 Å². The number of nitrogens with zero attached hydrogens (tertiary/aromatic N) is 1. The van der Waals surface area contributed by atoms with Gasteiger partial charge in [-0.2, -0.15) is 0 Å². The van der Waals surface area contributed by atoms with Gasteiger partial charge in [-0.05, 0) is 37.3 Å². The Kier molecular flexibility index (Phi) is 7.13. The van der Waals surface area contributed by atoms with Gasteiger partial charge < -0.3 is 29.2 Å². The van der Waals surface area contributed by atoms with Gasteiger partial charge in [-0.25, -0.2) is 4.79 Å². The van der Waals surface area contributed by atoms with Crippen molar-refractivity contribution in [3.8, 4) is 11.5 Å². The molecular weight excluding hydrogens is 388 g/mol. The molecule has 0 aromatic heterocycles. The molecule has 0 atom stereocenters. The lowest BCUT2D eigenvalue weighted by molar-refractivity contribution is 0.0526. The molecule has 30 heavy (non-hydrogen) atoms. The zero-order chi connectivity index (χ0) is 21.5. The van der Waals surface area contributed by atoms with Crippen LogP contribution in [0.25, 0.3) is 0 Å². The summed E-state index contributed by atoms with van der Waals surface area (Å²) in [5, 5.41) is 2.92. The average Bonchev–Trinajstić information content (AvgIpc) is 2.79. The molecule has 0 radical (unpaired) electrons. The van der Waals surface area contributed by atoms with Gasteiger partial charge in [0.1, 0.15) is 17.1 Å². The van der Waals surface area contributed by atoms with Gasteiger partial charge in [-0.15, -0.1) is 0 Å². The van der Waals surface area contributed by atoms with Crippen molar-refractivity contribution < 1.29 is 28.5 Å². The molecule has 2 aromatic carbocycles. The zero-order valence-corrected chi connectivity index (χ0v) is 17.4. The topological polar surface area (TPSA) is 86.3 Å². The summed E-state index contributed by atoms with van der Waals surface area (Å²) in [7, 11) is 2.98. The fourth-order valence-electron chi connectivity index (χ4n) is 3.32. The Bertz CT molecular complexity index is 886. The van der Waals surface area contributed by atoms with Gasteiger partial charge in [0, 0.05) is 13.1 Å². The minimum Gasteiger partial charge on any atom is -0.496 e. The number of amides is 1. The largest absolute Gasteiger partial charge is 0.496 e. The van der Waals surface area contributed by atoms with Gasteiger partial charge in [0.2, 0.25) is 0 Å². The van der Waals surface area contributed by atoms with E-state index in [1.165, 1.54) is 14.2 Å². The first-order valence-corrected chi connectivity index (χ1v) is 9.75. The van der Waals surface area contributed by atoms with Gasteiger partial charge in [0.05, 0.1) is 51.0 Å². The van der Waals surface area contributed by atoms with Crippen molar-refractivity contribution in [1.82, 2.24) is 0 Å². The summed E-state index contributed by atoms with van der Waals surface area (Å²) in [5.41, 5.74) is 1.93. The molecule has 0 aliphatic carbocycles. The van der Waals surface area contributed by atoms with E-state index in [9.17, 15) is 9.59 Å². The molecule has 8 nitrogen and oxygen atoms in total. The molecule has 2 aromatic rings. The Labute approximate surface area is 175 Å². The predicted molar refractivity (Wildman–Crippen MR) is 113 cm³/mol. The third kappa shape index (κ3) is 4.65. The molecule has 8 heteroatoms. The van der Waals surface area contributed by atoms with E-state index in [0.717, 1.165) is 5.69 Å². The Hall–Kier alpha value is -3.26. The molecule has 1 saturated heterocycles. The van der Waals surface area contributed by atoms with Crippen LogP contribution in [-0.4, -0.2) is 59.0 Å². The van der Waals surface area contributed by atoms with E-state index in [0.29, 0.717) is 49.1 Å². The maximum Gasteiger partial charge on any atom is 0.338 e. The fraction of sp³-hybridized carbons (Fsp3) is 0.364. The van der Waals surface area contributed by atoms with Crippen LogP contribution in [0.2, 0.25) is 0 Å². The normalized spacial score (nSPS) is 13.5. The lowest BCUT2D eigenvalue weighted by atomic mass is 10.1. The van der Waals surface area contributed by atoms with E-state index in [1.807, 2.05) is 6.07 Å². The molecule has 0 saturated carbocycles. The molecule has 0 spiro atoms. The number of methoxy groups -OCH3 is 2. The SMILES string of the molecule is CCOC(=O)c1ccc(N2CCOCC2)c(NC(=O)c2c(OC)cccc2OC)c1. The zero-order valence-electron chi connectivity index (χ0n) is 17.4. The summed E-state index contributed by atoms with van der Waals surface area (Å²) in [6, 6.07) is 10.3. The number of benzene rings is 2. The lowest BCUT2D eigenvalue weighted by Crippen LogP contribution is -2.36. The van der Waals surface area contributed by atoms with Gasteiger partial charge in [0.15, 0.2) is 0 Å². The number of hydrogen-bond acceptors (Lipinski definition) is 7. The maximum absolute atomic E-state index is 13.2. The first-order chi connectivity index (χ1) is 14.6. The first-order valence-electron chi connectivity index (χ1n) is 9.75. The van der Waals surface area contributed by atoms with Gasteiger partial charge in [0.25, 0.3) is 5.91 Å². The van der Waals surface area contributed by atoms with Crippen molar-refractivity contribution in [3.63, 3.8) is 0 Å². The number of morpholine rings is 1. The third-order valence-electron chi connectivity index (χ3n) is 4.76. The van der Waals surface area contributed by atoms with Crippen molar-refractivity contribution in [1.29, 1.82) is 0 Å². The van der Waals surface area contributed by atoms with Gasteiger partial charge in [-0.3, -0.25) is 4.79 Å². The quantitative estimate of drug-likeness (QED) is 0.697. The van der Waals surface area contributed by atoms with E-state index in [1.54, 1.807) is 37.3 Å². The van der Waals surface area contributed by atoms with Crippen LogP contribution in [0, 0.1) is 0 Å². The van der Waals surface area contributed by atoms with Gasteiger partial charge >= 0.3 is 5.97 Å². The summed E-state index contributed by atoms with van der Waals surface area (Å²) in [4.78, 5) is 27.5. The van der Waals surface area contributed by atoms with Crippen LogP contribution in [0.1, 0.15) is 27.6 Å². The second-order valence-electron chi connectivity index (χ2n) is 6.54. The van der Waals surface area contributed by atoms with Crippen LogP contribution in [0.15, 0.2) is 36.4 Å². The fourth-order valence-corrected chi connectivity index (χ4v) is 3.32. The number of ether oxygens (including phenoxy) is 4. The predicted octanol–water partition coefficient (Wildman–Crippen LogP) is 2.97. The van der Waals surface area contributed by atoms with Crippen molar-refractivity contribution in [2.75, 3.05) is 57.3 Å². The molecule has 1 N–H and O–H groups in total. The van der Waals surface area contributed by atoms with E-state index in [4.69, 9.17) is 18.9 Å². The molecule has 1 amide bonds. The smallest absolute Gasteiger partial charge is 0.338 e. The Morgan fingerprint density at radius 2 is 1.73 bits per heavy atom. The Balaban J connectivity index is 1.99. The molecule has 3 rings (SSSR count). The molecule has 0 unspecified atom stereocenters. The van der Waals surface area contributed by atoms with E-state index < -0.39 is 11.9 Å². The highest BCUT2D eigenvalue weighted by Crippen LogP contribution is 2.32. The molecule has 160 valence electrons. The summed E-state index contributed by atoms with van der Waals surface area (Å²) in [5.74, 6) is -0.0705. The lowest BCUT2D eigenvalue weighted by Gasteiger charge is -2.30. The summed E-state index contributed by atoms with van der Waals surface area (Å²) < 4.78 is 21.2. The molecule has 1 aliphatic heterocycles. The minimum absolute atomic E-state index is 0.268. The Morgan fingerprint density at radius 1 is 1.07 bits per heavy atom. The summed E-state index contributed by atoms with van der Waals surface area (Å²) >= 11 is 0. The standard InChI is InChI=1S/C22H26N2O6/c1-4-30-22(26)15-8-9-17(24-10-12-29-13-11-24)16(14-15)23-21(25)20-18(27-2)6-5-7-19(20)28-3/h5-9,14H,4,10-13H2,1-3H3,(H,23,25). The Morgan fingerprint density at radius 3 is 2.33 bits per heavy atom. The first kappa shape index (κ1) is 21.4. The third-order valence-corrected chi connectivity index (χ3v) is 4.76. The van der Waals surface area contributed by atoms with Crippen molar-refractivity contribution in [3.05, 3.63) is 47.5 Å². The number of nitrogens with one attached hydrogen (secondary N) is 1. The summed E-state index contributed by atoms with van der Waals surface area (Å²) in [6.45, 7) is 4.56. The number of carbonyl (C=O) groups excluding carboxylic acids is 2. The highest BCUT2D eigenvalue weighted by atomic mass is 16.5. The van der Waals surface area contributed by atoms with Crippen molar-refractivity contribution in [2.45, 2.75) is 6.92 Å². The van der Waals surface area contributed by atoms with E-state index in [2.05, 4.69) is 10.2 Å². The van der Waals surface area contributed by atoms with Crippen LogP contribution in [0.5, 0.6) is 11.5 Å². The summed E-state index contributed by atoms with van der Waals surface area (Å²) in [6.07, 6.45) is 0. The van der Waals surface area contributed by atoms with Crippen molar-refractivity contribution >= 4 is 23.3 Å². The number of anilines is 2. The average molecular weight is 414 g/mol. The maximum atomic E-state index is 13.2. The van der Waals surface area contributed by atoms with Crippen LogP contribution >= 0.6 is 0 Å². The van der Waals surface area contributed by atoms with Crippen LogP contribution in [0.3, 0.4) is 0 Å². The van der Waals surface area contributed by atoms with Crippen LogP contribution in [-0.2, 0) is 9.47 Å². The van der Waals surface area contributed by atoms with E-state index in [-0.39, 0.29) is 12.2 Å². The second-order valence-corrected chi connectivity index (χ2v) is 6.54. The number of esters is 1. The van der Waals surface area contributed by atoms with Crippen LogP contribution in [0.4, 0.5) is 11.4 Å². The highest BCUT2D eigenvalue weighted by molar-refractivity contribution is 6.10. The molecular formula is C22H26N2O6. The van der Waals surface area contributed by atoms with Crippen LogP contribution < -0.4 is 19.7 Å². The molecule has 1 aliphatic rings. The second kappa shape index (κ2) is 9.98. The molecule has 1 heterocycles. The number of hydrogen-bond donors (Lipinski definition) is 1. The minimum atomic E-state index is -0.448. The van der Waals surface area contributed by atoms with Crippen molar-refractivity contribution in [2.24, 2.45) is 0 Å².